The van der Waals surface area contributed by atoms with E-state index in [1.54, 1.807) is 48.5 Å². The van der Waals surface area contributed by atoms with Crippen molar-refractivity contribution in [3.63, 3.8) is 0 Å². The first kappa shape index (κ1) is 16.0. The van der Waals surface area contributed by atoms with Crippen molar-refractivity contribution < 1.29 is 17.9 Å². The second-order valence-electron chi connectivity index (χ2n) is 5.28. The maximum atomic E-state index is 12.4. The smallest absolute Gasteiger partial charge is 0.267 e. The molecule has 2 aromatic rings. The highest BCUT2D eigenvalue weighted by Crippen LogP contribution is 2.24. The molecule has 1 aliphatic heterocycles. The fraction of sp³-hybridized carbons (Fsp3) is 0.176. The van der Waals surface area contributed by atoms with E-state index in [2.05, 4.69) is 0 Å². The van der Waals surface area contributed by atoms with Crippen LogP contribution in [0.15, 0.2) is 48.5 Å². The number of benzene rings is 2. The molecule has 1 aliphatic rings. The Morgan fingerprint density at radius 1 is 1.17 bits per heavy atom. The predicted molar refractivity (Wildman–Crippen MR) is 86.8 cm³/mol. The van der Waals surface area contributed by atoms with Crippen LogP contribution >= 0.6 is 0 Å². The van der Waals surface area contributed by atoms with Gasteiger partial charge in [-0.1, -0.05) is 24.3 Å². The Hall–Kier alpha value is -2.85. The summed E-state index contributed by atoms with van der Waals surface area (Å²) in [4.78, 5) is 12.4. The first-order chi connectivity index (χ1) is 11.5. The van der Waals surface area contributed by atoms with Gasteiger partial charge in [-0.05, 0) is 29.8 Å². The summed E-state index contributed by atoms with van der Waals surface area (Å²) in [6, 6.07) is 15.2. The molecule has 3 rings (SSSR count). The van der Waals surface area contributed by atoms with Crippen LogP contribution in [0, 0.1) is 11.3 Å². The molecule has 0 aliphatic carbocycles. The number of amides is 1. The lowest BCUT2D eigenvalue weighted by Crippen LogP contribution is -2.44. The number of hydrogen-bond acceptors (Lipinski definition) is 5. The van der Waals surface area contributed by atoms with Crippen molar-refractivity contribution in [2.24, 2.45) is 0 Å². The molecule has 0 radical (unpaired) electrons. The van der Waals surface area contributed by atoms with E-state index in [0.29, 0.717) is 22.4 Å². The van der Waals surface area contributed by atoms with Crippen LogP contribution in [0.1, 0.15) is 21.5 Å². The zero-order valence-electron chi connectivity index (χ0n) is 12.7. The minimum atomic E-state index is -3.70. The highest BCUT2D eigenvalue weighted by molar-refractivity contribution is 7.89. The van der Waals surface area contributed by atoms with Gasteiger partial charge in [0.05, 0.1) is 23.9 Å². The quantitative estimate of drug-likeness (QED) is 0.847. The Morgan fingerprint density at radius 3 is 2.75 bits per heavy atom. The molecule has 0 aromatic heterocycles. The Morgan fingerprint density at radius 2 is 1.96 bits per heavy atom. The van der Waals surface area contributed by atoms with Crippen molar-refractivity contribution in [2.45, 2.75) is 5.75 Å². The first-order valence-electron chi connectivity index (χ1n) is 7.27. The lowest BCUT2D eigenvalue weighted by atomic mass is 10.1. The van der Waals surface area contributed by atoms with Crippen molar-refractivity contribution >= 4 is 15.9 Å². The number of sulfonamides is 1. The van der Waals surface area contributed by atoms with Gasteiger partial charge in [0.15, 0.2) is 0 Å². The summed E-state index contributed by atoms with van der Waals surface area (Å²) in [5.41, 5.74) is 1.36. The summed E-state index contributed by atoms with van der Waals surface area (Å²) in [7, 11) is -3.70. The molecular weight excluding hydrogens is 328 g/mol. The lowest BCUT2D eigenvalue weighted by molar-refractivity contribution is 0.0841. The minimum absolute atomic E-state index is 0.0159. The third kappa shape index (κ3) is 3.09. The summed E-state index contributed by atoms with van der Waals surface area (Å²) >= 11 is 0. The van der Waals surface area contributed by atoms with E-state index in [4.69, 9.17) is 10.00 Å². The molecule has 0 fully saturated rings. The summed E-state index contributed by atoms with van der Waals surface area (Å²) in [5, 5.41) is 8.85. The van der Waals surface area contributed by atoms with Crippen LogP contribution in [0.2, 0.25) is 0 Å². The highest BCUT2D eigenvalue weighted by atomic mass is 32.2. The number of hydrogen-bond donors (Lipinski definition) is 0. The maximum absolute atomic E-state index is 12.4. The third-order valence-electron chi connectivity index (χ3n) is 3.67. The molecule has 0 spiro atoms. The number of fused-ring (bicyclic) bond motifs is 1. The average molecular weight is 342 g/mol. The molecule has 7 heteroatoms. The predicted octanol–water partition coefficient (Wildman–Crippen LogP) is 1.92. The molecule has 0 saturated carbocycles. The Bertz CT molecular complexity index is 932. The average Bonchev–Trinajstić information content (AvgIpc) is 2.57. The number of rotatable bonds is 4. The molecule has 1 amide bonds. The number of ether oxygens (including phenoxy) is 1. The second kappa shape index (κ2) is 6.34. The number of nitriles is 1. The third-order valence-corrected chi connectivity index (χ3v) is 5.37. The maximum Gasteiger partial charge on any atom is 0.267 e. The SMILES string of the molecule is N#Cc1cccc(OCCN2C(=O)c3ccccc3CS2(=O)=O)c1. The van der Waals surface area contributed by atoms with Crippen LogP contribution in [-0.2, 0) is 15.8 Å². The van der Waals surface area contributed by atoms with Gasteiger partial charge in [-0.2, -0.15) is 5.26 Å². The highest BCUT2D eigenvalue weighted by Gasteiger charge is 2.35. The van der Waals surface area contributed by atoms with Gasteiger partial charge in [0.2, 0.25) is 10.0 Å². The van der Waals surface area contributed by atoms with Crippen LogP contribution in [0.4, 0.5) is 0 Å². The van der Waals surface area contributed by atoms with E-state index in [9.17, 15) is 13.2 Å². The standard InChI is InChI=1S/C17H14N2O4S/c18-11-13-4-3-6-15(10-13)23-9-8-19-17(20)16-7-2-1-5-14(16)12-24(19,21)22/h1-7,10H,8-9,12H2. The van der Waals surface area contributed by atoms with Crippen molar-refractivity contribution in [1.82, 2.24) is 4.31 Å². The topological polar surface area (TPSA) is 87.5 Å². The van der Waals surface area contributed by atoms with E-state index in [-0.39, 0.29) is 18.9 Å². The van der Waals surface area contributed by atoms with E-state index in [1.165, 1.54) is 0 Å². The summed E-state index contributed by atoms with van der Waals surface area (Å²) in [6.45, 7) is -0.0612. The van der Waals surface area contributed by atoms with Gasteiger partial charge in [0, 0.05) is 5.56 Å². The zero-order valence-corrected chi connectivity index (χ0v) is 13.5. The van der Waals surface area contributed by atoms with Gasteiger partial charge in [-0.15, -0.1) is 0 Å². The van der Waals surface area contributed by atoms with E-state index < -0.39 is 15.9 Å². The van der Waals surface area contributed by atoms with Gasteiger partial charge in [-0.25, -0.2) is 12.7 Å². The van der Waals surface area contributed by atoms with E-state index in [1.807, 2.05) is 6.07 Å². The van der Waals surface area contributed by atoms with Crippen LogP contribution < -0.4 is 4.74 Å². The zero-order chi connectivity index (χ0) is 17.2. The molecule has 0 unspecified atom stereocenters. The van der Waals surface area contributed by atoms with Gasteiger partial charge in [0.1, 0.15) is 12.4 Å². The van der Waals surface area contributed by atoms with Gasteiger partial charge >= 0.3 is 0 Å². The van der Waals surface area contributed by atoms with Crippen molar-refractivity contribution in [3.8, 4) is 11.8 Å². The normalized spacial score (nSPS) is 15.5. The molecule has 1 heterocycles. The number of carbonyl (C=O) groups excluding carboxylic acids is 1. The van der Waals surface area contributed by atoms with E-state index in [0.717, 1.165) is 4.31 Å². The van der Waals surface area contributed by atoms with Gasteiger partial charge < -0.3 is 4.74 Å². The monoisotopic (exact) mass is 342 g/mol. The first-order valence-corrected chi connectivity index (χ1v) is 8.88. The van der Waals surface area contributed by atoms with Crippen molar-refractivity contribution in [3.05, 3.63) is 65.2 Å². The van der Waals surface area contributed by atoms with Crippen LogP contribution in [-0.4, -0.2) is 31.8 Å². The van der Waals surface area contributed by atoms with Gasteiger partial charge in [-0.3, -0.25) is 4.79 Å². The molecule has 2 aromatic carbocycles. The lowest BCUT2D eigenvalue weighted by Gasteiger charge is -2.28. The molecule has 0 atom stereocenters. The largest absolute Gasteiger partial charge is 0.492 e. The Labute approximate surface area is 139 Å². The Balaban J connectivity index is 1.73. The molecule has 6 nitrogen and oxygen atoms in total. The van der Waals surface area contributed by atoms with Crippen LogP contribution in [0.3, 0.4) is 0 Å². The van der Waals surface area contributed by atoms with Crippen molar-refractivity contribution in [1.29, 1.82) is 5.26 Å². The molecule has 0 saturated heterocycles. The molecular formula is C17H14N2O4S. The summed E-state index contributed by atoms with van der Waals surface area (Å²) in [6.07, 6.45) is 0. The van der Waals surface area contributed by atoms with Gasteiger partial charge in [0.25, 0.3) is 5.91 Å². The van der Waals surface area contributed by atoms with Crippen LogP contribution in [0.25, 0.3) is 0 Å². The van der Waals surface area contributed by atoms with E-state index >= 15 is 0 Å². The Kier molecular flexibility index (Phi) is 4.23. The fourth-order valence-electron chi connectivity index (χ4n) is 2.53. The second-order valence-corrected chi connectivity index (χ2v) is 7.17. The number of nitrogens with zero attached hydrogens (tertiary/aromatic N) is 2. The molecule has 0 bridgehead atoms. The van der Waals surface area contributed by atoms with Crippen LogP contribution in [0.5, 0.6) is 5.75 Å². The molecule has 0 N–H and O–H groups in total. The van der Waals surface area contributed by atoms with Crippen molar-refractivity contribution in [2.75, 3.05) is 13.2 Å². The minimum Gasteiger partial charge on any atom is -0.492 e. The summed E-state index contributed by atoms with van der Waals surface area (Å²) < 4.78 is 30.9. The number of carbonyl (C=O) groups is 1. The fourth-order valence-corrected chi connectivity index (χ4v) is 4.04. The molecule has 122 valence electrons. The molecule has 24 heavy (non-hydrogen) atoms. The summed E-state index contributed by atoms with van der Waals surface area (Å²) in [5.74, 6) is -0.277.